The minimum Gasteiger partial charge on any atom is -0.467 e. The van der Waals surface area contributed by atoms with E-state index in [4.69, 9.17) is 25.1 Å². The lowest BCUT2D eigenvalue weighted by Gasteiger charge is -2.42. The van der Waals surface area contributed by atoms with Gasteiger partial charge >= 0.3 is 29.8 Å². The molecule has 0 aromatic heterocycles. The van der Waals surface area contributed by atoms with Gasteiger partial charge in [-0.1, -0.05) is 6.92 Å². The molecule has 0 aromatic rings. The zero-order valence-electron chi connectivity index (χ0n) is 16.5. The highest BCUT2D eigenvalue weighted by Gasteiger charge is 2.56. The predicted molar refractivity (Wildman–Crippen MR) is 83.7 cm³/mol. The Hall–Kier alpha value is -2.69. The molecule has 0 radical (unpaired) electrons. The van der Waals surface area contributed by atoms with E-state index in [2.05, 4.69) is 4.74 Å². The number of methoxy groups -OCH3 is 1. The van der Waals surface area contributed by atoms with Gasteiger partial charge in [0, 0.05) is 28.5 Å². The molecule has 1 rings (SSSR count). The summed E-state index contributed by atoms with van der Waals surface area (Å²) in [6.45, 7) is 4.32. The van der Waals surface area contributed by atoms with E-state index in [1.807, 2.05) is 0 Å². The van der Waals surface area contributed by atoms with Crippen molar-refractivity contribution in [3.05, 3.63) is 0 Å². The van der Waals surface area contributed by atoms with E-state index >= 15 is 0 Å². The van der Waals surface area contributed by atoms with E-state index in [0.29, 0.717) is 0 Å². The number of esters is 5. The van der Waals surface area contributed by atoms with Gasteiger partial charge in [-0.25, -0.2) is 4.79 Å². The van der Waals surface area contributed by atoms with Gasteiger partial charge < -0.3 is 28.4 Å². The van der Waals surface area contributed by atoms with Crippen LogP contribution in [0, 0.1) is 0 Å². The Bertz CT molecular complexity index is 632. The fourth-order valence-electron chi connectivity index (χ4n) is 2.36. The first-order valence-corrected chi connectivity index (χ1v) is 7.85. The number of hydrogen-bond acceptors (Lipinski definition) is 11. The lowest BCUT2D eigenvalue weighted by molar-refractivity contribution is -0.294. The van der Waals surface area contributed by atoms with Crippen LogP contribution in [0.5, 0.6) is 0 Å². The topological polar surface area (TPSA) is 141 Å². The minimum absolute atomic E-state index is 0.851. The van der Waals surface area contributed by atoms with E-state index in [1.54, 1.807) is 0 Å². The molecule has 1 saturated heterocycles. The van der Waals surface area contributed by atoms with Gasteiger partial charge in [-0.15, -0.1) is 0 Å². The molecular weight excluding hydrogens is 368 g/mol. The number of rotatable bonds is 6. The smallest absolute Gasteiger partial charge is 0.339 e. The van der Waals surface area contributed by atoms with Crippen LogP contribution in [-0.4, -0.2) is 67.7 Å². The average Bonchev–Trinajstić information content (AvgIpc) is 2.57. The van der Waals surface area contributed by atoms with Crippen molar-refractivity contribution in [1.29, 1.82) is 0 Å². The highest BCUT2D eigenvalue weighted by Crippen LogP contribution is 2.30. The Labute approximate surface area is 156 Å². The Kier molecular flexibility index (Phi) is 7.53. The molecule has 27 heavy (non-hydrogen) atoms. The van der Waals surface area contributed by atoms with Crippen molar-refractivity contribution in [2.24, 2.45) is 0 Å². The van der Waals surface area contributed by atoms with Crippen LogP contribution in [0.2, 0.25) is 0 Å². The van der Waals surface area contributed by atoms with Crippen LogP contribution in [0.3, 0.4) is 0 Å². The second-order valence-electron chi connectivity index (χ2n) is 5.40. The van der Waals surface area contributed by atoms with E-state index < -0.39 is 66.9 Å². The van der Waals surface area contributed by atoms with Gasteiger partial charge in [0.1, 0.15) is 0 Å². The normalized spacial score (nSPS) is 28.8. The maximum absolute atomic E-state index is 12.1. The number of ether oxygens (including phenoxy) is 6. The lowest BCUT2D eigenvalue weighted by atomic mass is 9.97. The number of carbonyl (C=O) groups excluding carboxylic acids is 5. The molecule has 0 aliphatic carbocycles. The molecule has 0 N–H and O–H groups in total. The molecule has 0 bridgehead atoms. The standard InChI is InChI=1S/C16H22O11/c1-6-10(20)26-16-14(25-9(4)19)12(24-8(3)18)11(23-7(2)17)13(27-16)15(21)22-5/h11-14,16H,6H2,1-5H3/t11-,12-,13-,14+,16?/m0/s1/i6D/t6?,11-,12-,13-,14+,16?. The molecule has 0 aromatic carbocycles. The molecule has 6 atom stereocenters. The van der Waals surface area contributed by atoms with Crippen molar-refractivity contribution in [3.63, 3.8) is 0 Å². The van der Waals surface area contributed by atoms with Crippen LogP contribution >= 0.6 is 0 Å². The average molecular weight is 391 g/mol. The van der Waals surface area contributed by atoms with Gasteiger partial charge in [0.2, 0.25) is 12.4 Å². The van der Waals surface area contributed by atoms with Crippen molar-refractivity contribution in [2.75, 3.05) is 7.11 Å². The summed E-state index contributed by atoms with van der Waals surface area (Å²) in [5.74, 6) is -4.65. The molecule has 1 aliphatic heterocycles. The summed E-state index contributed by atoms with van der Waals surface area (Å²) in [5, 5.41) is 0. The van der Waals surface area contributed by atoms with Gasteiger partial charge in [0.25, 0.3) is 0 Å². The highest BCUT2D eigenvalue weighted by atomic mass is 16.7. The summed E-state index contributed by atoms with van der Waals surface area (Å²) >= 11 is 0. The Morgan fingerprint density at radius 3 is 1.78 bits per heavy atom. The fraction of sp³-hybridized carbons (Fsp3) is 0.688. The second kappa shape index (κ2) is 9.86. The number of carbonyl (C=O) groups is 5. The van der Waals surface area contributed by atoms with Gasteiger partial charge in [-0.2, -0.15) is 0 Å². The third kappa shape index (κ3) is 6.20. The summed E-state index contributed by atoms with van der Waals surface area (Å²) in [5.41, 5.74) is 0. The molecular formula is C16H22O11. The number of hydrogen-bond donors (Lipinski definition) is 0. The van der Waals surface area contributed by atoms with Crippen molar-refractivity contribution in [1.82, 2.24) is 0 Å². The molecule has 152 valence electrons. The zero-order chi connectivity index (χ0) is 21.6. The third-order valence-corrected chi connectivity index (χ3v) is 3.30. The molecule has 0 saturated carbocycles. The second-order valence-corrected chi connectivity index (χ2v) is 5.40. The van der Waals surface area contributed by atoms with Crippen LogP contribution < -0.4 is 0 Å². The van der Waals surface area contributed by atoms with E-state index in [1.165, 1.54) is 6.92 Å². The lowest BCUT2D eigenvalue weighted by Crippen LogP contribution is -2.64. The maximum atomic E-state index is 12.1. The minimum atomic E-state index is -1.73. The summed E-state index contributed by atoms with van der Waals surface area (Å²) in [4.78, 5) is 58.5. The summed E-state index contributed by atoms with van der Waals surface area (Å²) in [7, 11) is 1.03. The molecule has 0 spiro atoms. The van der Waals surface area contributed by atoms with E-state index in [0.717, 1.165) is 27.9 Å². The predicted octanol–water partition coefficient (Wildman–Crippen LogP) is -0.367. The largest absolute Gasteiger partial charge is 0.467 e. The summed E-state index contributed by atoms with van der Waals surface area (Å²) in [6.07, 6.45) is -9.40. The Morgan fingerprint density at radius 1 is 0.852 bits per heavy atom. The van der Waals surface area contributed by atoms with Crippen LogP contribution in [0.15, 0.2) is 0 Å². The van der Waals surface area contributed by atoms with Crippen molar-refractivity contribution in [3.8, 4) is 0 Å². The monoisotopic (exact) mass is 391 g/mol. The first-order valence-electron chi connectivity index (χ1n) is 8.43. The van der Waals surface area contributed by atoms with Crippen LogP contribution in [0.4, 0.5) is 0 Å². The Morgan fingerprint density at radius 2 is 1.33 bits per heavy atom. The first kappa shape index (κ1) is 20.6. The molecule has 1 aliphatic rings. The fourth-order valence-corrected chi connectivity index (χ4v) is 2.36. The summed E-state index contributed by atoms with van der Waals surface area (Å²) in [6, 6.07) is 0. The van der Waals surface area contributed by atoms with Gasteiger partial charge in [0.15, 0.2) is 18.3 Å². The SMILES string of the molecule is [2H]C(C)C(=O)OC1O[C@H](C(=O)OC)[C@@H](OC(C)=O)[C@H](OC(C)=O)[C@H]1OC(C)=O. The van der Waals surface area contributed by atoms with Crippen LogP contribution in [-0.2, 0) is 52.4 Å². The highest BCUT2D eigenvalue weighted by molar-refractivity contribution is 5.77. The van der Waals surface area contributed by atoms with Crippen molar-refractivity contribution >= 4 is 29.8 Å². The molecule has 1 fully saturated rings. The Balaban J connectivity index is 3.40. The first-order chi connectivity index (χ1) is 13.0. The van der Waals surface area contributed by atoms with Crippen LogP contribution in [0.1, 0.15) is 35.5 Å². The quantitative estimate of drug-likeness (QED) is 0.432. The molecule has 11 nitrogen and oxygen atoms in total. The van der Waals surface area contributed by atoms with Gasteiger partial charge in [-0.3, -0.25) is 19.2 Å². The van der Waals surface area contributed by atoms with E-state index in [-0.39, 0.29) is 0 Å². The zero-order valence-corrected chi connectivity index (χ0v) is 15.5. The summed E-state index contributed by atoms with van der Waals surface area (Å²) < 4.78 is 37.5. The molecule has 0 amide bonds. The third-order valence-electron chi connectivity index (χ3n) is 3.30. The molecule has 11 heteroatoms. The molecule has 1 heterocycles. The van der Waals surface area contributed by atoms with Crippen molar-refractivity contribution in [2.45, 2.75) is 64.8 Å². The van der Waals surface area contributed by atoms with E-state index in [9.17, 15) is 24.0 Å². The van der Waals surface area contributed by atoms with Gasteiger partial charge in [-0.05, 0) is 0 Å². The van der Waals surface area contributed by atoms with Crippen molar-refractivity contribution < 1.29 is 53.8 Å². The molecule has 2 unspecified atom stereocenters. The van der Waals surface area contributed by atoms with Crippen LogP contribution in [0.25, 0.3) is 0 Å². The maximum Gasteiger partial charge on any atom is 0.339 e. The van der Waals surface area contributed by atoms with Gasteiger partial charge in [0.05, 0.1) is 7.11 Å².